The number of aromatic nitrogens is 2. The van der Waals surface area contributed by atoms with Crippen LogP contribution in [-0.2, 0) is 16.1 Å². The molecule has 0 fully saturated rings. The first-order chi connectivity index (χ1) is 15.7. The molecule has 1 heterocycles. The van der Waals surface area contributed by atoms with Gasteiger partial charge in [-0.3, -0.25) is 19.1 Å². The molecule has 10 nitrogen and oxygen atoms in total. The van der Waals surface area contributed by atoms with Crippen molar-refractivity contribution in [3.8, 4) is 0 Å². The molecule has 0 aliphatic carbocycles. The van der Waals surface area contributed by atoms with Gasteiger partial charge in [0, 0.05) is 18.8 Å². The standard InChI is InChI=1S/C23H33N5O5/c1-5-6-11-28-20(24)19(21(30)26-23(28)32)27(12-10-15(2)3)14-18(29)25-17-9-7-8-16(13-17)22(31)33-4/h7-9,13,15H,5-6,10-12,14,24H2,1-4H3,(H,25,29)(H,26,30,32). The molecule has 33 heavy (non-hydrogen) atoms. The van der Waals surface area contributed by atoms with Gasteiger partial charge in [-0.05, 0) is 37.0 Å². The summed E-state index contributed by atoms with van der Waals surface area (Å²) in [5, 5.41) is 2.74. The van der Waals surface area contributed by atoms with E-state index in [1.54, 1.807) is 23.1 Å². The Kier molecular flexibility index (Phi) is 9.26. The summed E-state index contributed by atoms with van der Waals surface area (Å²) in [6, 6.07) is 6.37. The van der Waals surface area contributed by atoms with Gasteiger partial charge in [-0.1, -0.05) is 33.3 Å². The number of carbonyl (C=O) groups is 2. The summed E-state index contributed by atoms with van der Waals surface area (Å²) in [6.07, 6.45) is 2.28. The normalized spacial score (nSPS) is 10.8. The Morgan fingerprint density at radius 2 is 2.00 bits per heavy atom. The van der Waals surface area contributed by atoms with E-state index in [1.807, 2.05) is 20.8 Å². The highest BCUT2D eigenvalue weighted by molar-refractivity contribution is 5.96. The minimum Gasteiger partial charge on any atom is -0.465 e. The lowest BCUT2D eigenvalue weighted by atomic mass is 10.1. The van der Waals surface area contributed by atoms with E-state index < -0.39 is 23.1 Å². The number of nitrogens with two attached hydrogens (primary N) is 1. The maximum Gasteiger partial charge on any atom is 0.337 e. The number of hydrogen-bond acceptors (Lipinski definition) is 7. The molecule has 1 amide bonds. The molecule has 0 atom stereocenters. The van der Waals surface area contributed by atoms with E-state index in [0.29, 0.717) is 36.7 Å². The fourth-order valence-corrected chi connectivity index (χ4v) is 3.32. The first-order valence-electron chi connectivity index (χ1n) is 11.0. The van der Waals surface area contributed by atoms with Crippen LogP contribution in [0.5, 0.6) is 0 Å². The Bertz CT molecular complexity index is 1090. The zero-order chi connectivity index (χ0) is 24.5. The Hall–Kier alpha value is -3.56. The molecule has 2 aromatic rings. The Morgan fingerprint density at radius 3 is 2.64 bits per heavy atom. The van der Waals surface area contributed by atoms with Gasteiger partial charge in [0.2, 0.25) is 5.91 Å². The highest BCUT2D eigenvalue weighted by Crippen LogP contribution is 2.19. The first kappa shape index (κ1) is 25.7. The van der Waals surface area contributed by atoms with E-state index in [-0.39, 0.29) is 18.1 Å². The molecule has 1 aromatic carbocycles. The third kappa shape index (κ3) is 6.96. The molecule has 0 spiro atoms. The van der Waals surface area contributed by atoms with Gasteiger partial charge in [-0.2, -0.15) is 0 Å². The van der Waals surface area contributed by atoms with Gasteiger partial charge < -0.3 is 20.7 Å². The minimum atomic E-state index is -0.630. The van der Waals surface area contributed by atoms with Crippen molar-refractivity contribution in [1.82, 2.24) is 9.55 Å². The van der Waals surface area contributed by atoms with Crippen LogP contribution < -0.4 is 27.2 Å². The summed E-state index contributed by atoms with van der Waals surface area (Å²) in [4.78, 5) is 53.5. The van der Waals surface area contributed by atoms with Crippen LogP contribution >= 0.6 is 0 Å². The molecule has 0 aliphatic heterocycles. The number of unbranched alkanes of at least 4 members (excludes halogenated alkanes) is 1. The van der Waals surface area contributed by atoms with E-state index >= 15 is 0 Å². The maximum atomic E-state index is 12.8. The number of H-pyrrole nitrogens is 1. The van der Waals surface area contributed by atoms with Gasteiger partial charge in [-0.25, -0.2) is 9.59 Å². The number of nitrogens with one attached hydrogen (secondary N) is 2. The molecule has 4 N–H and O–H groups in total. The number of amides is 1. The van der Waals surface area contributed by atoms with Crippen LogP contribution in [0.3, 0.4) is 0 Å². The van der Waals surface area contributed by atoms with Crippen LogP contribution in [0.25, 0.3) is 0 Å². The third-order valence-corrected chi connectivity index (χ3v) is 5.14. The van der Waals surface area contributed by atoms with Crippen LogP contribution in [0.1, 0.15) is 50.4 Å². The zero-order valence-corrected chi connectivity index (χ0v) is 19.6. The number of carbonyl (C=O) groups excluding carboxylic acids is 2. The monoisotopic (exact) mass is 459 g/mol. The second kappa shape index (κ2) is 11.9. The molecule has 0 aliphatic rings. The summed E-state index contributed by atoms with van der Waals surface area (Å²) < 4.78 is 6.04. The summed E-state index contributed by atoms with van der Waals surface area (Å²) in [5.74, 6) is -0.552. The highest BCUT2D eigenvalue weighted by Gasteiger charge is 2.21. The number of esters is 1. The fourth-order valence-electron chi connectivity index (χ4n) is 3.32. The number of ether oxygens (including phenoxy) is 1. The molecule has 10 heteroatoms. The van der Waals surface area contributed by atoms with Crippen LogP contribution in [0.2, 0.25) is 0 Å². The number of nitrogens with zero attached hydrogens (tertiary/aromatic N) is 2. The molecule has 0 radical (unpaired) electrons. The van der Waals surface area contributed by atoms with Gasteiger partial charge in [0.15, 0.2) is 0 Å². The summed E-state index contributed by atoms with van der Waals surface area (Å²) in [5.41, 5.74) is 5.87. The second-order valence-corrected chi connectivity index (χ2v) is 8.22. The second-order valence-electron chi connectivity index (χ2n) is 8.22. The van der Waals surface area contributed by atoms with Crippen LogP contribution in [0.15, 0.2) is 33.9 Å². The van der Waals surface area contributed by atoms with Crippen molar-refractivity contribution >= 4 is 29.1 Å². The average Bonchev–Trinajstić information content (AvgIpc) is 2.76. The van der Waals surface area contributed by atoms with E-state index in [9.17, 15) is 19.2 Å². The predicted molar refractivity (Wildman–Crippen MR) is 129 cm³/mol. The molecule has 0 bridgehead atoms. The van der Waals surface area contributed by atoms with Crippen molar-refractivity contribution in [2.75, 3.05) is 36.1 Å². The predicted octanol–water partition coefficient (Wildman–Crippen LogP) is 2.20. The highest BCUT2D eigenvalue weighted by atomic mass is 16.5. The molecule has 0 unspecified atom stereocenters. The summed E-state index contributed by atoms with van der Waals surface area (Å²) in [6.45, 7) is 6.66. The zero-order valence-electron chi connectivity index (χ0n) is 19.6. The lowest BCUT2D eigenvalue weighted by Gasteiger charge is -2.26. The number of benzene rings is 1. The molecular formula is C23H33N5O5. The van der Waals surface area contributed by atoms with Crippen LogP contribution in [0, 0.1) is 5.92 Å². The van der Waals surface area contributed by atoms with Gasteiger partial charge in [-0.15, -0.1) is 0 Å². The van der Waals surface area contributed by atoms with Gasteiger partial charge in [0.1, 0.15) is 11.5 Å². The Labute approximate surface area is 192 Å². The van der Waals surface area contributed by atoms with Crippen molar-refractivity contribution < 1.29 is 14.3 Å². The molecule has 2 rings (SSSR count). The molecule has 180 valence electrons. The Balaban J connectivity index is 2.34. The van der Waals surface area contributed by atoms with Crippen molar-refractivity contribution in [1.29, 1.82) is 0 Å². The van der Waals surface area contributed by atoms with Gasteiger partial charge in [0.25, 0.3) is 5.56 Å². The van der Waals surface area contributed by atoms with Crippen molar-refractivity contribution in [2.24, 2.45) is 5.92 Å². The number of hydrogen-bond donors (Lipinski definition) is 3. The van der Waals surface area contributed by atoms with E-state index in [1.165, 1.54) is 17.7 Å². The summed E-state index contributed by atoms with van der Waals surface area (Å²) in [7, 11) is 1.28. The maximum absolute atomic E-state index is 12.8. The topological polar surface area (TPSA) is 140 Å². The number of aromatic amines is 1. The van der Waals surface area contributed by atoms with Gasteiger partial charge >= 0.3 is 11.7 Å². The largest absolute Gasteiger partial charge is 0.465 e. The lowest BCUT2D eigenvalue weighted by molar-refractivity contribution is -0.115. The number of rotatable bonds is 11. The van der Waals surface area contributed by atoms with E-state index in [2.05, 4.69) is 10.3 Å². The quantitative estimate of drug-likeness (QED) is 0.438. The smallest absolute Gasteiger partial charge is 0.337 e. The molecule has 1 aromatic heterocycles. The number of anilines is 3. The number of nitrogen functional groups attached to an aromatic ring is 1. The van der Waals surface area contributed by atoms with Crippen molar-refractivity contribution in [2.45, 2.75) is 46.6 Å². The average molecular weight is 460 g/mol. The molecule has 0 saturated heterocycles. The van der Waals surface area contributed by atoms with Crippen LogP contribution in [-0.4, -0.2) is 41.6 Å². The first-order valence-corrected chi connectivity index (χ1v) is 11.0. The molecule has 0 saturated carbocycles. The van der Waals surface area contributed by atoms with Crippen molar-refractivity contribution in [3.05, 3.63) is 50.7 Å². The molecular weight excluding hydrogens is 426 g/mol. The van der Waals surface area contributed by atoms with Crippen molar-refractivity contribution in [3.63, 3.8) is 0 Å². The third-order valence-electron chi connectivity index (χ3n) is 5.14. The van der Waals surface area contributed by atoms with E-state index in [4.69, 9.17) is 10.5 Å². The lowest BCUT2D eigenvalue weighted by Crippen LogP contribution is -2.42. The van der Waals surface area contributed by atoms with Gasteiger partial charge in [0.05, 0.1) is 19.2 Å². The summed E-state index contributed by atoms with van der Waals surface area (Å²) >= 11 is 0. The fraction of sp³-hybridized carbons (Fsp3) is 0.478. The minimum absolute atomic E-state index is 0.0430. The number of methoxy groups -OCH3 is 1. The Morgan fingerprint density at radius 1 is 1.27 bits per heavy atom. The van der Waals surface area contributed by atoms with Crippen LogP contribution in [0.4, 0.5) is 17.2 Å². The van der Waals surface area contributed by atoms with E-state index in [0.717, 1.165) is 12.8 Å². The SMILES string of the molecule is CCCCn1c(N)c(N(CCC(C)C)CC(=O)Nc2cccc(C(=O)OC)c2)c(=O)[nH]c1=O.